The molecule has 140 valence electrons. The van der Waals surface area contributed by atoms with Crippen molar-refractivity contribution in [2.75, 3.05) is 6.54 Å². The van der Waals surface area contributed by atoms with Gasteiger partial charge in [0.15, 0.2) is 11.6 Å². The van der Waals surface area contributed by atoms with Crippen LogP contribution in [-0.4, -0.2) is 18.1 Å². The summed E-state index contributed by atoms with van der Waals surface area (Å²) in [6, 6.07) is 7.20. The molecule has 0 aliphatic heterocycles. The van der Waals surface area contributed by atoms with E-state index in [9.17, 15) is 9.59 Å². The number of fused-ring (bicyclic) bond motifs is 1. The maximum Gasteiger partial charge on any atom is 0.190 e. The van der Waals surface area contributed by atoms with Gasteiger partial charge in [0.05, 0.1) is 0 Å². The predicted octanol–water partition coefficient (Wildman–Crippen LogP) is 4.95. The fraction of sp³-hybridized carbons (Fsp3) is 0.565. The van der Waals surface area contributed by atoms with E-state index in [2.05, 4.69) is 20.8 Å². The SMILES string of the molecule is CC(C)(C)C1CCC(CC2=C(CCN)C(=O)c3ccccc3C2=O)CC1. The molecule has 0 amide bonds. The molecule has 0 atom stereocenters. The normalized spacial score (nSPS) is 24.0. The van der Waals surface area contributed by atoms with E-state index in [1.807, 2.05) is 12.1 Å². The molecule has 2 aliphatic carbocycles. The topological polar surface area (TPSA) is 60.2 Å². The molecule has 2 aliphatic rings. The lowest BCUT2D eigenvalue weighted by Crippen LogP contribution is -2.28. The Bertz CT molecular complexity index is 731. The molecule has 3 rings (SSSR count). The molecule has 0 bridgehead atoms. The van der Waals surface area contributed by atoms with Crippen molar-refractivity contribution in [3.8, 4) is 0 Å². The van der Waals surface area contributed by atoms with Crippen LogP contribution in [0, 0.1) is 17.3 Å². The van der Waals surface area contributed by atoms with E-state index in [1.54, 1.807) is 12.1 Å². The largest absolute Gasteiger partial charge is 0.330 e. The Hall–Kier alpha value is -1.74. The minimum atomic E-state index is 0.00373. The summed E-state index contributed by atoms with van der Waals surface area (Å²) in [5, 5.41) is 0. The van der Waals surface area contributed by atoms with E-state index >= 15 is 0 Å². The first-order valence-corrected chi connectivity index (χ1v) is 9.93. The average Bonchev–Trinajstić information content (AvgIpc) is 2.62. The summed E-state index contributed by atoms with van der Waals surface area (Å²) in [5.41, 5.74) is 8.61. The monoisotopic (exact) mass is 353 g/mol. The van der Waals surface area contributed by atoms with Gasteiger partial charge in [0, 0.05) is 22.3 Å². The van der Waals surface area contributed by atoms with Crippen molar-refractivity contribution in [3.05, 3.63) is 46.5 Å². The summed E-state index contributed by atoms with van der Waals surface area (Å²) in [7, 11) is 0. The minimum absolute atomic E-state index is 0.00373. The Morgan fingerprint density at radius 3 is 1.96 bits per heavy atom. The summed E-state index contributed by atoms with van der Waals surface area (Å²) in [6.45, 7) is 7.36. The van der Waals surface area contributed by atoms with E-state index in [0.717, 1.165) is 30.8 Å². The molecule has 1 aromatic rings. The number of carbonyl (C=O) groups excluding carboxylic acids is 2. The second kappa shape index (κ2) is 7.48. The zero-order valence-corrected chi connectivity index (χ0v) is 16.3. The zero-order valence-electron chi connectivity index (χ0n) is 16.3. The number of rotatable bonds is 4. The number of hydrogen-bond donors (Lipinski definition) is 1. The Kier molecular flexibility index (Phi) is 5.47. The minimum Gasteiger partial charge on any atom is -0.330 e. The van der Waals surface area contributed by atoms with Crippen molar-refractivity contribution in [1.29, 1.82) is 0 Å². The number of benzene rings is 1. The molecule has 0 aromatic heterocycles. The van der Waals surface area contributed by atoms with Crippen LogP contribution in [0.5, 0.6) is 0 Å². The molecule has 0 spiro atoms. The first-order chi connectivity index (χ1) is 12.3. The number of allylic oxidation sites excluding steroid dienone is 1. The predicted molar refractivity (Wildman–Crippen MR) is 105 cm³/mol. The molecular formula is C23H31NO2. The summed E-state index contributed by atoms with van der Waals surface area (Å²) in [4.78, 5) is 26.0. The average molecular weight is 354 g/mol. The first kappa shape index (κ1) is 19.0. The van der Waals surface area contributed by atoms with Crippen molar-refractivity contribution in [2.45, 2.75) is 59.3 Å². The van der Waals surface area contributed by atoms with Crippen LogP contribution < -0.4 is 5.73 Å². The van der Waals surface area contributed by atoms with Gasteiger partial charge in [-0.05, 0) is 62.3 Å². The van der Waals surface area contributed by atoms with Gasteiger partial charge in [0.25, 0.3) is 0 Å². The highest BCUT2D eigenvalue weighted by Gasteiger charge is 2.35. The molecular weight excluding hydrogens is 322 g/mol. The molecule has 26 heavy (non-hydrogen) atoms. The summed E-state index contributed by atoms with van der Waals surface area (Å²) in [5.74, 6) is 1.30. The van der Waals surface area contributed by atoms with Gasteiger partial charge in [0.2, 0.25) is 0 Å². The van der Waals surface area contributed by atoms with Crippen molar-refractivity contribution >= 4 is 11.6 Å². The molecule has 1 aromatic carbocycles. The van der Waals surface area contributed by atoms with E-state index < -0.39 is 0 Å². The maximum atomic E-state index is 13.1. The highest BCUT2D eigenvalue weighted by Crippen LogP contribution is 2.42. The van der Waals surface area contributed by atoms with Gasteiger partial charge in [-0.3, -0.25) is 9.59 Å². The van der Waals surface area contributed by atoms with Gasteiger partial charge in [-0.25, -0.2) is 0 Å². The number of carbonyl (C=O) groups is 2. The quantitative estimate of drug-likeness (QED) is 0.833. The van der Waals surface area contributed by atoms with Crippen LogP contribution in [0.25, 0.3) is 0 Å². The van der Waals surface area contributed by atoms with Gasteiger partial charge in [0.1, 0.15) is 0 Å². The van der Waals surface area contributed by atoms with Gasteiger partial charge >= 0.3 is 0 Å². The van der Waals surface area contributed by atoms with Gasteiger partial charge in [-0.1, -0.05) is 45.0 Å². The molecule has 0 saturated heterocycles. The summed E-state index contributed by atoms with van der Waals surface area (Å²) in [6.07, 6.45) is 5.93. The van der Waals surface area contributed by atoms with Crippen LogP contribution in [0.4, 0.5) is 0 Å². The summed E-state index contributed by atoms with van der Waals surface area (Å²) < 4.78 is 0. The summed E-state index contributed by atoms with van der Waals surface area (Å²) >= 11 is 0. The lowest BCUT2D eigenvalue weighted by Gasteiger charge is -2.37. The lowest BCUT2D eigenvalue weighted by molar-refractivity contribution is 0.0961. The molecule has 0 unspecified atom stereocenters. The van der Waals surface area contributed by atoms with Crippen LogP contribution in [0.3, 0.4) is 0 Å². The van der Waals surface area contributed by atoms with Gasteiger partial charge in [-0.15, -0.1) is 0 Å². The van der Waals surface area contributed by atoms with Crippen molar-refractivity contribution in [2.24, 2.45) is 23.0 Å². The third-order valence-electron chi connectivity index (χ3n) is 6.29. The number of ketones is 2. The van der Waals surface area contributed by atoms with E-state index in [4.69, 9.17) is 5.73 Å². The molecule has 2 N–H and O–H groups in total. The second-order valence-electron chi connectivity index (χ2n) is 8.99. The molecule has 3 nitrogen and oxygen atoms in total. The van der Waals surface area contributed by atoms with Crippen LogP contribution >= 0.6 is 0 Å². The molecule has 0 heterocycles. The lowest BCUT2D eigenvalue weighted by atomic mass is 9.68. The number of hydrogen-bond acceptors (Lipinski definition) is 3. The van der Waals surface area contributed by atoms with Gasteiger partial charge in [-0.2, -0.15) is 0 Å². The Morgan fingerprint density at radius 1 is 0.923 bits per heavy atom. The molecule has 3 heteroatoms. The number of nitrogens with two attached hydrogens (primary N) is 1. The Morgan fingerprint density at radius 2 is 1.46 bits per heavy atom. The van der Waals surface area contributed by atoms with Crippen molar-refractivity contribution < 1.29 is 9.59 Å². The fourth-order valence-electron chi connectivity index (χ4n) is 4.62. The third-order valence-corrected chi connectivity index (χ3v) is 6.29. The van der Waals surface area contributed by atoms with Crippen molar-refractivity contribution in [1.82, 2.24) is 0 Å². The first-order valence-electron chi connectivity index (χ1n) is 9.93. The molecule has 1 saturated carbocycles. The van der Waals surface area contributed by atoms with Crippen LogP contribution in [-0.2, 0) is 0 Å². The Balaban J connectivity index is 1.82. The fourth-order valence-corrected chi connectivity index (χ4v) is 4.62. The van der Waals surface area contributed by atoms with E-state index in [1.165, 1.54) is 12.8 Å². The highest BCUT2D eigenvalue weighted by atomic mass is 16.1. The molecule has 1 fully saturated rings. The third kappa shape index (κ3) is 3.68. The van der Waals surface area contributed by atoms with Crippen LogP contribution in [0.2, 0.25) is 0 Å². The maximum absolute atomic E-state index is 13.1. The number of Topliss-reactive ketones (excluding diaryl/α,β-unsaturated/α-hetero) is 2. The zero-order chi connectivity index (χ0) is 18.9. The van der Waals surface area contributed by atoms with Crippen molar-refractivity contribution in [3.63, 3.8) is 0 Å². The highest BCUT2D eigenvalue weighted by molar-refractivity contribution is 6.26. The molecule has 0 radical (unpaired) electrons. The van der Waals surface area contributed by atoms with Crippen LogP contribution in [0.1, 0.15) is 80.0 Å². The van der Waals surface area contributed by atoms with Crippen LogP contribution in [0.15, 0.2) is 35.4 Å². The van der Waals surface area contributed by atoms with E-state index in [-0.39, 0.29) is 11.6 Å². The standard InChI is InChI=1S/C23H31NO2/c1-23(2,3)16-10-8-15(9-11-16)14-20-19(12-13-24)21(25)17-6-4-5-7-18(17)22(20)26/h4-7,15-16H,8-14,24H2,1-3H3. The smallest absolute Gasteiger partial charge is 0.190 e. The van der Waals surface area contributed by atoms with E-state index in [0.29, 0.717) is 41.0 Å². The second-order valence-corrected chi connectivity index (χ2v) is 8.99. The van der Waals surface area contributed by atoms with Gasteiger partial charge < -0.3 is 5.73 Å². The Labute approximate surface area is 157 Å².